The number of amides is 1. The monoisotopic (exact) mass is 236 g/mol. The summed E-state index contributed by atoms with van der Waals surface area (Å²) in [5.74, 6) is 0.186. The molecule has 1 aliphatic heterocycles. The fourth-order valence-corrected chi connectivity index (χ4v) is 1.86. The molecule has 90 valence electrons. The molecule has 0 aromatic carbocycles. The third-order valence-electron chi connectivity index (χ3n) is 2.63. The zero-order valence-corrected chi connectivity index (χ0v) is 10.1. The van der Waals surface area contributed by atoms with Gasteiger partial charge < -0.3 is 15.4 Å². The van der Waals surface area contributed by atoms with E-state index in [0.717, 1.165) is 19.4 Å². The lowest BCUT2D eigenvalue weighted by Gasteiger charge is -2.23. The van der Waals surface area contributed by atoms with Crippen LogP contribution >= 0.6 is 12.4 Å². The minimum atomic E-state index is 0. The van der Waals surface area contributed by atoms with E-state index in [1.165, 1.54) is 0 Å². The Hall–Kier alpha value is -0.320. The van der Waals surface area contributed by atoms with Crippen LogP contribution in [-0.4, -0.2) is 43.2 Å². The van der Waals surface area contributed by atoms with Gasteiger partial charge in [-0.15, -0.1) is 12.4 Å². The van der Waals surface area contributed by atoms with Gasteiger partial charge in [-0.1, -0.05) is 0 Å². The number of nitrogens with two attached hydrogens (primary N) is 1. The first-order chi connectivity index (χ1) is 6.79. The van der Waals surface area contributed by atoms with Gasteiger partial charge in [0, 0.05) is 25.7 Å². The molecule has 1 saturated heterocycles. The molecule has 0 radical (unpaired) electrons. The molecule has 0 saturated carbocycles. The van der Waals surface area contributed by atoms with Gasteiger partial charge in [-0.3, -0.25) is 4.79 Å². The number of hydrogen-bond donors (Lipinski definition) is 1. The van der Waals surface area contributed by atoms with Gasteiger partial charge >= 0.3 is 0 Å². The summed E-state index contributed by atoms with van der Waals surface area (Å²) in [5, 5.41) is 0. The summed E-state index contributed by atoms with van der Waals surface area (Å²) in [6.07, 6.45) is 2.63. The van der Waals surface area contributed by atoms with Gasteiger partial charge in [-0.25, -0.2) is 0 Å². The van der Waals surface area contributed by atoms with Crippen molar-refractivity contribution in [1.82, 2.24) is 4.90 Å². The number of ether oxygens (including phenoxy) is 1. The summed E-state index contributed by atoms with van der Waals surface area (Å²) in [6.45, 7) is 4.59. The molecule has 0 aromatic heterocycles. The summed E-state index contributed by atoms with van der Waals surface area (Å²) in [6, 6.07) is 0.268. The Morgan fingerprint density at radius 1 is 1.60 bits per heavy atom. The molecule has 0 spiro atoms. The van der Waals surface area contributed by atoms with E-state index in [1.54, 1.807) is 0 Å². The number of carbonyl (C=O) groups is 1. The van der Waals surface area contributed by atoms with Gasteiger partial charge in [0.15, 0.2) is 0 Å². The van der Waals surface area contributed by atoms with E-state index in [-0.39, 0.29) is 24.4 Å². The Balaban J connectivity index is 0.00000196. The lowest BCUT2D eigenvalue weighted by Crippen LogP contribution is -2.40. The van der Waals surface area contributed by atoms with Crippen LogP contribution in [0.15, 0.2) is 0 Å². The fourth-order valence-electron chi connectivity index (χ4n) is 1.86. The minimum absolute atomic E-state index is 0. The fraction of sp³-hybridized carbons (Fsp3) is 0.900. The van der Waals surface area contributed by atoms with Crippen molar-refractivity contribution in [3.63, 3.8) is 0 Å². The quantitative estimate of drug-likeness (QED) is 0.718. The van der Waals surface area contributed by atoms with Gasteiger partial charge in [-0.05, 0) is 19.8 Å². The van der Waals surface area contributed by atoms with Crippen LogP contribution < -0.4 is 5.73 Å². The number of likely N-dealkylation sites (tertiary alicyclic amines) is 1. The first-order valence-electron chi connectivity index (χ1n) is 5.36. The second-order valence-electron chi connectivity index (χ2n) is 3.57. The molecule has 0 aromatic rings. The summed E-state index contributed by atoms with van der Waals surface area (Å²) in [5.41, 5.74) is 5.59. The van der Waals surface area contributed by atoms with Crippen molar-refractivity contribution < 1.29 is 9.53 Å². The number of carbonyl (C=O) groups excluding carboxylic acids is 1. The third-order valence-corrected chi connectivity index (χ3v) is 2.63. The smallest absolute Gasteiger partial charge is 0.225 e. The molecule has 1 heterocycles. The van der Waals surface area contributed by atoms with Crippen LogP contribution in [0.2, 0.25) is 0 Å². The minimum Gasteiger partial charge on any atom is -0.381 e. The van der Waals surface area contributed by atoms with Crippen molar-refractivity contribution in [3.05, 3.63) is 0 Å². The molecule has 4 nitrogen and oxygen atoms in total. The average molecular weight is 237 g/mol. The molecule has 1 unspecified atom stereocenters. The molecule has 1 fully saturated rings. The van der Waals surface area contributed by atoms with Crippen LogP contribution in [0.1, 0.15) is 26.2 Å². The van der Waals surface area contributed by atoms with E-state index in [0.29, 0.717) is 26.2 Å². The van der Waals surface area contributed by atoms with Crippen molar-refractivity contribution in [2.24, 2.45) is 5.73 Å². The van der Waals surface area contributed by atoms with Crippen LogP contribution in [0.3, 0.4) is 0 Å². The standard InChI is InChI=1S/C10H20N2O2.ClH/c1-2-14-7-5-10(13)12-6-3-4-9(12)8-11;/h9H,2-8,11H2,1H3;1H. The van der Waals surface area contributed by atoms with Gasteiger partial charge in [0.1, 0.15) is 0 Å². The van der Waals surface area contributed by atoms with Gasteiger partial charge in [0.05, 0.1) is 13.0 Å². The molecule has 5 heteroatoms. The second kappa shape index (κ2) is 7.91. The number of halogens is 1. The van der Waals surface area contributed by atoms with E-state index < -0.39 is 0 Å². The maximum atomic E-state index is 11.7. The van der Waals surface area contributed by atoms with Gasteiger partial charge in [-0.2, -0.15) is 0 Å². The predicted molar refractivity (Wildman–Crippen MR) is 62.1 cm³/mol. The number of rotatable bonds is 5. The second-order valence-corrected chi connectivity index (χ2v) is 3.57. The Morgan fingerprint density at radius 3 is 2.93 bits per heavy atom. The Kier molecular flexibility index (Phi) is 7.74. The zero-order valence-electron chi connectivity index (χ0n) is 9.28. The van der Waals surface area contributed by atoms with Crippen molar-refractivity contribution in [2.45, 2.75) is 32.2 Å². The number of hydrogen-bond acceptors (Lipinski definition) is 3. The van der Waals surface area contributed by atoms with E-state index in [1.807, 2.05) is 11.8 Å². The van der Waals surface area contributed by atoms with E-state index in [2.05, 4.69) is 0 Å². The van der Waals surface area contributed by atoms with E-state index in [9.17, 15) is 4.79 Å². The normalized spacial score (nSPS) is 20.1. The molecule has 1 amide bonds. The maximum absolute atomic E-state index is 11.7. The first-order valence-corrected chi connectivity index (χ1v) is 5.36. The predicted octanol–water partition coefficient (Wildman–Crippen LogP) is 0.784. The summed E-state index contributed by atoms with van der Waals surface area (Å²) < 4.78 is 5.15. The zero-order chi connectivity index (χ0) is 10.4. The Bertz CT molecular complexity index is 190. The topological polar surface area (TPSA) is 55.6 Å². The van der Waals surface area contributed by atoms with Crippen LogP contribution in [0.5, 0.6) is 0 Å². The SMILES string of the molecule is CCOCCC(=O)N1CCCC1CN.Cl. The summed E-state index contributed by atoms with van der Waals surface area (Å²) in [7, 11) is 0. The highest BCUT2D eigenvalue weighted by molar-refractivity contribution is 5.85. The molecule has 1 rings (SSSR count). The summed E-state index contributed by atoms with van der Waals surface area (Å²) in [4.78, 5) is 13.6. The Labute approximate surface area is 97.5 Å². The lowest BCUT2D eigenvalue weighted by molar-refractivity contribution is -0.132. The highest BCUT2D eigenvalue weighted by Gasteiger charge is 2.26. The van der Waals surface area contributed by atoms with Crippen molar-refractivity contribution in [3.8, 4) is 0 Å². The number of nitrogens with zero attached hydrogens (tertiary/aromatic N) is 1. The van der Waals surface area contributed by atoms with Gasteiger partial charge in [0.2, 0.25) is 5.91 Å². The lowest BCUT2D eigenvalue weighted by atomic mass is 10.2. The van der Waals surface area contributed by atoms with Crippen LogP contribution in [-0.2, 0) is 9.53 Å². The van der Waals surface area contributed by atoms with Crippen LogP contribution in [0, 0.1) is 0 Å². The Morgan fingerprint density at radius 2 is 2.33 bits per heavy atom. The molecule has 0 bridgehead atoms. The third kappa shape index (κ3) is 4.36. The van der Waals surface area contributed by atoms with Crippen LogP contribution in [0.4, 0.5) is 0 Å². The molecular weight excluding hydrogens is 216 g/mol. The van der Waals surface area contributed by atoms with Crippen molar-refractivity contribution in [2.75, 3.05) is 26.3 Å². The van der Waals surface area contributed by atoms with Crippen molar-refractivity contribution >= 4 is 18.3 Å². The van der Waals surface area contributed by atoms with Crippen LogP contribution in [0.25, 0.3) is 0 Å². The van der Waals surface area contributed by atoms with E-state index in [4.69, 9.17) is 10.5 Å². The molecule has 15 heavy (non-hydrogen) atoms. The molecule has 2 N–H and O–H groups in total. The van der Waals surface area contributed by atoms with Gasteiger partial charge in [0.25, 0.3) is 0 Å². The largest absolute Gasteiger partial charge is 0.381 e. The molecule has 1 aliphatic rings. The average Bonchev–Trinajstić information content (AvgIpc) is 2.65. The van der Waals surface area contributed by atoms with E-state index >= 15 is 0 Å². The first kappa shape index (κ1) is 14.7. The molecular formula is C10H21ClN2O2. The highest BCUT2D eigenvalue weighted by Crippen LogP contribution is 2.16. The van der Waals surface area contributed by atoms with Crippen molar-refractivity contribution in [1.29, 1.82) is 0 Å². The molecule has 0 aliphatic carbocycles. The highest BCUT2D eigenvalue weighted by atomic mass is 35.5. The molecule has 1 atom stereocenters. The maximum Gasteiger partial charge on any atom is 0.225 e. The summed E-state index contributed by atoms with van der Waals surface area (Å²) >= 11 is 0.